The predicted molar refractivity (Wildman–Crippen MR) is 85.5 cm³/mol. The number of carbonyl (C=O) groups excluding carboxylic acids is 1. The second-order valence-electron chi connectivity index (χ2n) is 6.11. The van der Waals surface area contributed by atoms with Crippen molar-refractivity contribution in [3.05, 3.63) is 65.2 Å². The monoisotopic (exact) mass is 283 g/mol. The van der Waals surface area contributed by atoms with E-state index in [1.54, 1.807) is 6.07 Å². The zero-order valence-electron chi connectivity index (χ0n) is 12.7. The maximum absolute atomic E-state index is 12.5. The van der Waals surface area contributed by atoms with Crippen molar-refractivity contribution in [3.8, 4) is 0 Å². The highest BCUT2D eigenvalue weighted by atomic mass is 16.3. The normalized spacial score (nSPS) is 11.2. The Morgan fingerprint density at radius 3 is 2.48 bits per heavy atom. The average Bonchev–Trinajstić information content (AvgIpc) is 2.46. The third-order valence-electron chi connectivity index (χ3n) is 3.35. The largest absolute Gasteiger partial charge is 0.392 e. The topological polar surface area (TPSA) is 49.3 Å². The summed E-state index contributed by atoms with van der Waals surface area (Å²) in [6.45, 7) is 6.23. The molecule has 21 heavy (non-hydrogen) atoms. The van der Waals surface area contributed by atoms with Gasteiger partial charge in [-0.1, -0.05) is 51.1 Å². The first-order valence-electron chi connectivity index (χ1n) is 7.02. The van der Waals surface area contributed by atoms with Crippen LogP contribution < -0.4 is 5.32 Å². The highest BCUT2D eigenvalue weighted by Crippen LogP contribution is 2.26. The fourth-order valence-corrected chi connectivity index (χ4v) is 2.28. The van der Waals surface area contributed by atoms with Crippen LogP contribution in [-0.4, -0.2) is 11.0 Å². The van der Waals surface area contributed by atoms with Gasteiger partial charge in [0.1, 0.15) is 0 Å². The van der Waals surface area contributed by atoms with E-state index in [2.05, 4.69) is 26.1 Å². The number of nitrogens with one attached hydrogen (secondary N) is 1. The molecule has 2 rings (SSSR count). The maximum atomic E-state index is 12.5. The van der Waals surface area contributed by atoms with Gasteiger partial charge in [-0.2, -0.15) is 0 Å². The molecule has 0 aliphatic rings. The molecule has 0 aromatic heterocycles. The summed E-state index contributed by atoms with van der Waals surface area (Å²) >= 11 is 0. The lowest BCUT2D eigenvalue weighted by Gasteiger charge is -2.22. The summed E-state index contributed by atoms with van der Waals surface area (Å²) < 4.78 is 0. The van der Waals surface area contributed by atoms with E-state index in [0.717, 1.165) is 11.1 Å². The van der Waals surface area contributed by atoms with E-state index in [9.17, 15) is 4.79 Å². The lowest BCUT2D eigenvalue weighted by molar-refractivity contribution is 0.102. The molecule has 0 aliphatic heterocycles. The first-order valence-corrected chi connectivity index (χ1v) is 7.02. The first kappa shape index (κ1) is 15.3. The Hall–Kier alpha value is -2.13. The predicted octanol–water partition coefficient (Wildman–Crippen LogP) is 3.73. The standard InChI is InChI=1S/C18H21NO2/c1-18(2,3)16-10-5-4-9-15(16)17(21)19-14-8-6-7-13(11-14)12-20/h4-11,20H,12H2,1-3H3,(H,19,21). The molecule has 2 aromatic carbocycles. The minimum Gasteiger partial charge on any atom is -0.392 e. The molecule has 0 atom stereocenters. The van der Waals surface area contributed by atoms with Gasteiger partial charge in [0, 0.05) is 11.3 Å². The number of aliphatic hydroxyl groups is 1. The van der Waals surface area contributed by atoms with E-state index in [-0.39, 0.29) is 17.9 Å². The highest BCUT2D eigenvalue weighted by molar-refractivity contribution is 6.05. The fourth-order valence-electron chi connectivity index (χ4n) is 2.28. The zero-order valence-corrected chi connectivity index (χ0v) is 12.7. The molecule has 0 heterocycles. The van der Waals surface area contributed by atoms with Gasteiger partial charge in [0.15, 0.2) is 0 Å². The van der Waals surface area contributed by atoms with Crippen LogP contribution in [0.4, 0.5) is 5.69 Å². The van der Waals surface area contributed by atoms with Gasteiger partial charge in [-0.3, -0.25) is 4.79 Å². The van der Waals surface area contributed by atoms with E-state index in [1.807, 2.05) is 42.5 Å². The first-order chi connectivity index (χ1) is 9.91. The summed E-state index contributed by atoms with van der Waals surface area (Å²) in [7, 11) is 0. The quantitative estimate of drug-likeness (QED) is 0.901. The van der Waals surface area contributed by atoms with Crippen molar-refractivity contribution in [3.63, 3.8) is 0 Å². The van der Waals surface area contributed by atoms with Crippen LogP contribution in [0.2, 0.25) is 0 Å². The number of anilines is 1. The number of carbonyl (C=O) groups is 1. The van der Waals surface area contributed by atoms with Crippen molar-refractivity contribution in [1.29, 1.82) is 0 Å². The lowest BCUT2D eigenvalue weighted by Crippen LogP contribution is -2.20. The third kappa shape index (κ3) is 3.70. The SMILES string of the molecule is CC(C)(C)c1ccccc1C(=O)Nc1cccc(CO)c1. The third-order valence-corrected chi connectivity index (χ3v) is 3.35. The van der Waals surface area contributed by atoms with E-state index in [1.165, 1.54) is 0 Å². The van der Waals surface area contributed by atoms with Crippen LogP contribution in [0.15, 0.2) is 48.5 Å². The second kappa shape index (κ2) is 6.10. The Morgan fingerprint density at radius 1 is 1.10 bits per heavy atom. The highest BCUT2D eigenvalue weighted by Gasteiger charge is 2.21. The Balaban J connectivity index is 2.29. The molecule has 0 saturated heterocycles. The number of aliphatic hydroxyl groups excluding tert-OH is 1. The van der Waals surface area contributed by atoms with Gasteiger partial charge in [-0.05, 0) is 34.7 Å². The molecule has 0 unspecified atom stereocenters. The van der Waals surface area contributed by atoms with E-state index < -0.39 is 0 Å². The Bertz CT molecular complexity index is 642. The number of hydrogen-bond donors (Lipinski definition) is 2. The summed E-state index contributed by atoms with van der Waals surface area (Å²) in [5.74, 6) is -0.129. The van der Waals surface area contributed by atoms with Gasteiger partial charge in [0.25, 0.3) is 5.91 Å². The molecule has 2 aromatic rings. The van der Waals surface area contributed by atoms with E-state index in [0.29, 0.717) is 11.3 Å². The summed E-state index contributed by atoms with van der Waals surface area (Å²) in [4.78, 5) is 12.5. The van der Waals surface area contributed by atoms with Crippen molar-refractivity contribution in [2.45, 2.75) is 32.8 Å². The van der Waals surface area contributed by atoms with Crippen molar-refractivity contribution in [2.75, 3.05) is 5.32 Å². The Morgan fingerprint density at radius 2 is 1.81 bits per heavy atom. The molecular formula is C18H21NO2. The summed E-state index contributed by atoms with van der Waals surface area (Å²) in [6.07, 6.45) is 0. The molecule has 3 heteroatoms. The molecule has 0 fully saturated rings. The molecule has 0 saturated carbocycles. The number of amides is 1. The second-order valence-corrected chi connectivity index (χ2v) is 6.11. The maximum Gasteiger partial charge on any atom is 0.255 e. The van der Waals surface area contributed by atoms with Crippen molar-refractivity contribution in [2.24, 2.45) is 0 Å². The molecule has 0 radical (unpaired) electrons. The number of benzene rings is 2. The molecular weight excluding hydrogens is 262 g/mol. The summed E-state index contributed by atoms with van der Waals surface area (Å²) in [6, 6.07) is 14.9. The van der Waals surface area contributed by atoms with Crippen LogP contribution in [0.5, 0.6) is 0 Å². The minimum absolute atomic E-state index is 0.0394. The molecule has 110 valence electrons. The lowest BCUT2D eigenvalue weighted by atomic mass is 9.83. The Labute approximate surface area is 125 Å². The minimum atomic E-state index is -0.129. The average molecular weight is 283 g/mol. The molecule has 0 bridgehead atoms. The molecule has 0 spiro atoms. The van der Waals surface area contributed by atoms with Crippen molar-refractivity contribution >= 4 is 11.6 Å². The van der Waals surface area contributed by atoms with Crippen LogP contribution in [-0.2, 0) is 12.0 Å². The molecule has 0 aliphatic carbocycles. The summed E-state index contributed by atoms with van der Waals surface area (Å²) in [5, 5.41) is 12.0. The van der Waals surface area contributed by atoms with Crippen LogP contribution in [0.1, 0.15) is 42.3 Å². The van der Waals surface area contributed by atoms with Crippen LogP contribution >= 0.6 is 0 Å². The number of hydrogen-bond acceptors (Lipinski definition) is 2. The van der Waals surface area contributed by atoms with Crippen LogP contribution in [0.25, 0.3) is 0 Å². The van der Waals surface area contributed by atoms with Gasteiger partial charge in [-0.15, -0.1) is 0 Å². The smallest absolute Gasteiger partial charge is 0.255 e. The van der Waals surface area contributed by atoms with Crippen LogP contribution in [0, 0.1) is 0 Å². The molecule has 2 N–H and O–H groups in total. The van der Waals surface area contributed by atoms with E-state index in [4.69, 9.17) is 5.11 Å². The fraction of sp³-hybridized carbons (Fsp3) is 0.278. The van der Waals surface area contributed by atoms with Gasteiger partial charge >= 0.3 is 0 Å². The van der Waals surface area contributed by atoms with Crippen LogP contribution in [0.3, 0.4) is 0 Å². The van der Waals surface area contributed by atoms with Crippen molar-refractivity contribution in [1.82, 2.24) is 0 Å². The zero-order chi connectivity index (χ0) is 15.5. The van der Waals surface area contributed by atoms with Crippen molar-refractivity contribution < 1.29 is 9.90 Å². The van der Waals surface area contributed by atoms with Gasteiger partial charge in [0.2, 0.25) is 0 Å². The molecule has 3 nitrogen and oxygen atoms in total. The Kier molecular flexibility index (Phi) is 4.43. The summed E-state index contributed by atoms with van der Waals surface area (Å²) in [5.41, 5.74) is 3.06. The van der Waals surface area contributed by atoms with Gasteiger partial charge in [-0.25, -0.2) is 0 Å². The van der Waals surface area contributed by atoms with Gasteiger partial charge < -0.3 is 10.4 Å². The number of rotatable bonds is 3. The molecule has 1 amide bonds. The van der Waals surface area contributed by atoms with E-state index >= 15 is 0 Å². The van der Waals surface area contributed by atoms with Gasteiger partial charge in [0.05, 0.1) is 6.61 Å².